The van der Waals surface area contributed by atoms with Crippen molar-refractivity contribution in [2.45, 2.75) is 70.3 Å². The highest BCUT2D eigenvalue weighted by molar-refractivity contribution is 5.08. The van der Waals surface area contributed by atoms with Crippen LogP contribution in [0.2, 0.25) is 0 Å². The first-order valence-electron chi connectivity index (χ1n) is 6.79. The van der Waals surface area contributed by atoms with Gasteiger partial charge in [0.25, 0.3) is 0 Å². The monoisotopic (exact) mass is 237 g/mol. The standard InChI is InChI=1S/C13H23N3O/c1-3-10(14)9-11-15-12(17-16-11)13(4-2)7-5-6-8-13/h10H,3-9,14H2,1-2H3. The fraction of sp³-hybridized carbons (Fsp3) is 0.846. The van der Waals surface area contributed by atoms with Crippen LogP contribution >= 0.6 is 0 Å². The van der Waals surface area contributed by atoms with E-state index in [4.69, 9.17) is 10.3 Å². The van der Waals surface area contributed by atoms with Crippen molar-refractivity contribution in [3.05, 3.63) is 11.7 Å². The Morgan fingerprint density at radius 3 is 2.65 bits per heavy atom. The lowest BCUT2D eigenvalue weighted by Gasteiger charge is -2.21. The van der Waals surface area contributed by atoms with Crippen LogP contribution in [0.1, 0.15) is 64.1 Å². The molecule has 0 aliphatic heterocycles. The van der Waals surface area contributed by atoms with E-state index in [0.29, 0.717) is 0 Å². The van der Waals surface area contributed by atoms with E-state index >= 15 is 0 Å². The molecule has 17 heavy (non-hydrogen) atoms. The first-order chi connectivity index (χ1) is 8.20. The van der Waals surface area contributed by atoms with Crippen LogP contribution in [-0.4, -0.2) is 16.2 Å². The molecule has 2 rings (SSSR count). The van der Waals surface area contributed by atoms with Crippen molar-refractivity contribution in [2.24, 2.45) is 5.73 Å². The molecule has 0 amide bonds. The van der Waals surface area contributed by atoms with Crippen LogP contribution in [0.25, 0.3) is 0 Å². The molecule has 0 saturated heterocycles. The van der Waals surface area contributed by atoms with Gasteiger partial charge in [-0.05, 0) is 25.7 Å². The summed E-state index contributed by atoms with van der Waals surface area (Å²) in [7, 11) is 0. The summed E-state index contributed by atoms with van der Waals surface area (Å²) in [6.45, 7) is 4.29. The predicted octanol–water partition coefficient (Wildman–Crippen LogP) is 2.57. The molecule has 1 aliphatic carbocycles. The van der Waals surface area contributed by atoms with Crippen molar-refractivity contribution in [2.75, 3.05) is 0 Å². The fourth-order valence-corrected chi connectivity index (χ4v) is 2.70. The summed E-state index contributed by atoms with van der Waals surface area (Å²) in [5, 5.41) is 4.08. The van der Waals surface area contributed by atoms with Crippen molar-refractivity contribution < 1.29 is 4.52 Å². The van der Waals surface area contributed by atoms with Crippen molar-refractivity contribution in [3.63, 3.8) is 0 Å². The lowest BCUT2D eigenvalue weighted by Crippen LogP contribution is -2.23. The Balaban J connectivity index is 2.11. The molecular weight excluding hydrogens is 214 g/mol. The van der Waals surface area contributed by atoms with E-state index in [-0.39, 0.29) is 11.5 Å². The summed E-state index contributed by atoms with van der Waals surface area (Å²) < 4.78 is 5.47. The number of rotatable bonds is 5. The maximum Gasteiger partial charge on any atom is 0.232 e. The molecule has 96 valence electrons. The van der Waals surface area contributed by atoms with Gasteiger partial charge < -0.3 is 10.3 Å². The second-order valence-electron chi connectivity index (χ2n) is 5.23. The zero-order valence-electron chi connectivity index (χ0n) is 10.9. The van der Waals surface area contributed by atoms with Crippen LogP contribution in [0.4, 0.5) is 0 Å². The van der Waals surface area contributed by atoms with Gasteiger partial charge >= 0.3 is 0 Å². The van der Waals surface area contributed by atoms with Crippen molar-refractivity contribution >= 4 is 0 Å². The second-order valence-corrected chi connectivity index (χ2v) is 5.23. The van der Waals surface area contributed by atoms with E-state index in [9.17, 15) is 0 Å². The third kappa shape index (κ3) is 2.51. The van der Waals surface area contributed by atoms with Crippen LogP contribution in [0.15, 0.2) is 4.52 Å². The van der Waals surface area contributed by atoms with Gasteiger partial charge in [-0.2, -0.15) is 4.98 Å². The largest absolute Gasteiger partial charge is 0.339 e. The molecule has 2 N–H and O–H groups in total. The third-order valence-electron chi connectivity index (χ3n) is 4.13. The highest BCUT2D eigenvalue weighted by atomic mass is 16.5. The van der Waals surface area contributed by atoms with Gasteiger partial charge in [-0.3, -0.25) is 0 Å². The molecule has 1 unspecified atom stereocenters. The predicted molar refractivity (Wildman–Crippen MR) is 66.7 cm³/mol. The molecule has 1 atom stereocenters. The molecule has 1 fully saturated rings. The molecule has 0 bridgehead atoms. The van der Waals surface area contributed by atoms with Gasteiger partial charge in [0, 0.05) is 17.9 Å². The van der Waals surface area contributed by atoms with Gasteiger partial charge in [-0.15, -0.1) is 0 Å². The third-order valence-corrected chi connectivity index (χ3v) is 4.13. The summed E-state index contributed by atoms with van der Waals surface area (Å²) in [5.74, 6) is 1.62. The summed E-state index contributed by atoms with van der Waals surface area (Å²) >= 11 is 0. The highest BCUT2D eigenvalue weighted by Gasteiger charge is 2.39. The summed E-state index contributed by atoms with van der Waals surface area (Å²) in [4.78, 5) is 4.57. The molecule has 1 heterocycles. The van der Waals surface area contributed by atoms with Crippen LogP contribution in [0.3, 0.4) is 0 Å². The van der Waals surface area contributed by atoms with E-state index in [1.807, 2.05) is 0 Å². The molecule has 1 aliphatic rings. The molecule has 4 nitrogen and oxygen atoms in total. The number of aromatic nitrogens is 2. The molecule has 0 spiro atoms. The van der Waals surface area contributed by atoms with Gasteiger partial charge in [0.15, 0.2) is 5.82 Å². The average Bonchev–Trinajstić information content (AvgIpc) is 2.97. The van der Waals surface area contributed by atoms with Gasteiger partial charge in [-0.1, -0.05) is 31.8 Å². The topological polar surface area (TPSA) is 64.9 Å². The second kappa shape index (κ2) is 5.17. The highest BCUT2D eigenvalue weighted by Crippen LogP contribution is 2.42. The van der Waals surface area contributed by atoms with E-state index in [2.05, 4.69) is 24.0 Å². The Labute approximate surface area is 103 Å². The maximum atomic E-state index is 5.91. The van der Waals surface area contributed by atoms with E-state index in [1.165, 1.54) is 25.7 Å². The molecule has 1 aromatic rings. The first-order valence-corrected chi connectivity index (χ1v) is 6.79. The SMILES string of the molecule is CCC(N)Cc1noc(C2(CC)CCCC2)n1. The van der Waals surface area contributed by atoms with Crippen molar-refractivity contribution in [1.29, 1.82) is 0 Å². The van der Waals surface area contributed by atoms with Crippen LogP contribution in [-0.2, 0) is 11.8 Å². The molecule has 0 radical (unpaired) electrons. The van der Waals surface area contributed by atoms with E-state index in [0.717, 1.165) is 31.0 Å². The van der Waals surface area contributed by atoms with E-state index < -0.39 is 0 Å². The number of hydrogen-bond acceptors (Lipinski definition) is 4. The zero-order valence-corrected chi connectivity index (χ0v) is 10.9. The molecule has 0 aromatic carbocycles. The Kier molecular flexibility index (Phi) is 3.82. The Morgan fingerprint density at radius 1 is 1.35 bits per heavy atom. The smallest absolute Gasteiger partial charge is 0.232 e. The van der Waals surface area contributed by atoms with Gasteiger partial charge in [0.1, 0.15) is 0 Å². The lowest BCUT2D eigenvalue weighted by atomic mass is 9.83. The minimum atomic E-state index is 0.140. The van der Waals surface area contributed by atoms with Crippen LogP contribution in [0, 0.1) is 0 Å². The molecule has 4 heteroatoms. The lowest BCUT2D eigenvalue weighted by molar-refractivity contribution is 0.271. The molecular formula is C13H23N3O. The van der Waals surface area contributed by atoms with Gasteiger partial charge in [0.05, 0.1) is 0 Å². The Hall–Kier alpha value is -0.900. The quantitative estimate of drug-likeness (QED) is 0.854. The van der Waals surface area contributed by atoms with Crippen molar-refractivity contribution in [1.82, 2.24) is 10.1 Å². The minimum absolute atomic E-state index is 0.140. The summed E-state index contributed by atoms with van der Waals surface area (Å²) in [6.07, 6.45) is 7.69. The maximum absolute atomic E-state index is 5.91. The molecule has 1 aromatic heterocycles. The van der Waals surface area contributed by atoms with Crippen LogP contribution < -0.4 is 5.73 Å². The normalized spacial score (nSPS) is 20.6. The number of hydrogen-bond donors (Lipinski definition) is 1. The first kappa shape index (κ1) is 12.6. The number of nitrogens with zero attached hydrogens (tertiary/aromatic N) is 2. The zero-order chi connectivity index (χ0) is 12.3. The van der Waals surface area contributed by atoms with E-state index in [1.54, 1.807) is 0 Å². The van der Waals surface area contributed by atoms with Crippen LogP contribution in [0.5, 0.6) is 0 Å². The average molecular weight is 237 g/mol. The van der Waals surface area contributed by atoms with Gasteiger partial charge in [0.2, 0.25) is 5.89 Å². The van der Waals surface area contributed by atoms with Crippen molar-refractivity contribution in [3.8, 4) is 0 Å². The molecule has 1 saturated carbocycles. The number of nitrogens with two attached hydrogens (primary N) is 1. The minimum Gasteiger partial charge on any atom is -0.339 e. The summed E-state index contributed by atoms with van der Waals surface area (Å²) in [6, 6.07) is 0.140. The fourth-order valence-electron chi connectivity index (χ4n) is 2.70. The Bertz CT molecular complexity index is 355. The summed E-state index contributed by atoms with van der Waals surface area (Å²) in [5.41, 5.74) is 6.07. The Morgan fingerprint density at radius 2 is 2.06 bits per heavy atom. The van der Waals surface area contributed by atoms with Gasteiger partial charge in [-0.25, -0.2) is 0 Å².